The number of aliphatic hydroxyl groups excluding tert-OH is 1. The molecular formula is C21H28O4. The molecule has 1 N–H and O–H groups in total. The maximum absolute atomic E-state index is 10.8. The largest absolute Gasteiger partial charge is 0.494 e. The minimum absolute atomic E-state index is 0.604. The molecule has 0 aliphatic heterocycles. The van der Waals surface area contributed by atoms with Gasteiger partial charge in [0, 0.05) is 0 Å². The van der Waals surface area contributed by atoms with Crippen LogP contribution in [0.3, 0.4) is 0 Å². The van der Waals surface area contributed by atoms with Crippen LogP contribution in [0.4, 0.5) is 0 Å². The van der Waals surface area contributed by atoms with Crippen LogP contribution in [0.1, 0.15) is 49.0 Å². The smallest absolute Gasteiger partial charge is 0.161 e. The highest BCUT2D eigenvalue weighted by Crippen LogP contribution is 2.33. The van der Waals surface area contributed by atoms with Gasteiger partial charge in [-0.3, -0.25) is 0 Å². The van der Waals surface area contributed by atoms with Crippen LogP contribution in [0.25, 0.3) is 0 Å². The molecule has 1 atom stereocenters. The summed E-state index contributed by atoms with van der Waals surface area (Å²) in [5, 5.41) is 10.8. The molecule has 2 aromatic rings. The lowest BCUT2D eigenvalue weighted by molar-refractivity contribution is 0.218. The van der Waals surface area contributed by atoms with Crippen molar-refractivity contribution in [2.24, 2.45) is 0 Å². The van der Waals surface area contributed by atoms with Crippen molar-refractivity contribution in [2.45, 2.75) is 39.2 Å². The number of ether oxygens (including phenoxy) is 3. The van der Waals surface area contributed by atoms with Gasteiger partial charge in [-0.2, -0.15) is 0 Å². The van der Waals surface area contributed by atoms with Gasteiger partial charge in [0.2, 0.25) is 0 Å². The Bertz CT molecular complexity index is 682. The number of hydrogen-bond donors (Lipinski definition) is 1. The lowest BCUT2D eigenvalue weighted by atomic mass is 9.97. The highest BCUT2D eigenvalue weighted by Gasteiger charge is 2.16. The summed E-state index contributed by atoms with van der Waals surface area (Å²) in [6, 6.07) is 11.3. The van der Waals surface area contributed by atoms with Crippen LogP contribution in [-0.4, -0.2) is 25.9 Å². The van der Waals surface area contributed by atoms with Gasteiger partial charge in [0.15, 0.2) is 11.5 Å². The minimum Gasteiger partial charge on any atom is -0.494 e. The van der Waals surface area contributed by atoms with Gasteiger partial charge in [0.05, 0.1) is 20.8 Å². The highest BCUT2D eigenvalue weighted by atomic mass is 16.5. The van der Waals surface area contributed by atoms with Crippen molar-refractivity contribution in [3.63, 3.8) is 0 Å². The van der Waals surface area contributed by atoms with Gasteiger partial charge in [-0.25, -0.2) is 0 Å². The molecule has 0 heterocycles. The van der Waals surface area contributed by atoms with Crippen LogP contribution in [0.15, 0.2) is 36.4 Å². The second-order valence-electron chi connectivity index (χ2n) is 6.09. The van der Waals surface area contributed by atoms with E-state index in [1.807, 2.05) is 31.2 Å². The zero-order valence-corrected chi connectivity index (χ0v) is 15.5. The Morgan fingerprint density at radius 1 is 0.960 bits per heavy atom. The number of aliphatic hydroxyl groups is 1. The summed E-state index contributed by atoms with van der Waals surface area (Å²) in [6.45, 7) is 4.89. The van der Waals surface area contributed by atoms with Crippen molar-refractivity contribution in [2.75, 3.05) is 20.8 Å². The van der Waals surface area contributed by atoms with Crippen molar-refractivity contribution >= 4 is 0 Å². The maximum Gasteiger partial charge on any atom is 0.161 e. The lowest BCUT2D eigenvalue weighted by Gasteiger charge is -2.17. The van der Waals surface area contributed by atoms with Crippen LogP contribution >= 0.6 is 0 Å². The molecule has 0 radical (unpaired) electrons. The van der Waals surface area contributed by atoms with E-state index >= 15 is 0 Å². The van der Waals surface area contributed by atoms with E-state index in [2.05, 4.69) is 6.92 Å². The molecule has 0 aliphatic carbocycles. The fourth-order valence-electron chi connectivity index (χ4n) is 2.79. The van der Waals surface area contributed by atoms with Gasteiger partial charge in [0.1, 0.15) is 11.9 Å². The van der Waals surface area contributed by atoms with Crippen molar-refractivity contribution < 1.29 is 19.3 Å². The predicted molar refractivity (Wildman–Crippen MR) is 99.8 cm³/mol. The van der Waals surface area contributed by atoms with Gasteiger partial charge in [-0.15, -0.1) is 0 Å². The van der Waals surface area contributed by atoms with Crippen molar-refractivity contribution in [3.05, 3.63) is 53.1 Å². The first-order valence-corrected chi connectivity index (χ1v) is 8.74. The van der Waals surface area contributed by atoms with Crippen LogP contribution < -0.4 is 14.2 Å². The third kappa shape index (κ3) is 4.89. The molecule has 2 aromatic carbocycles. The van der Waals surface area contributed by atoms with E-state index in [1.165, 1.54) is 12.8 Å². The van der Waals surface area contributed by atoms with Crippen LogP contribution in [-0.2, 0) is 0 Å². The van der Waals surface area contributed by atoms with Crippen LogP contribution in [0.5, 0.6) is 17.2 Å². The Balaban J connectivity index is 2.15. The molecule has 0 bridgehead atoms. The van der Waals surface area contributed by atoms with Crippen molar-refractivity contribution in [1.29, 1.82) is 0 Å². The quantitative estimate of drug-likeness (QED) is 0.672. The average Bonchev–Trinajstić information content (AvgIpc) is 2.64. The van der Waals surface area contributed by atoms with Gasteiger partial charge >= 0.3 is 0 Å². The Hall–Kier alpha value is -2.20. The molecule has 1 unspecified atom stereocenters. The number of unbranched alkanes of at least 4 members (excludes halogenated alkanes) is 2. The van der Waals surface area contributed by atoms with Crippen molar-refractivity contribution in [1.82, 2.24) is 0 Å². The van der Waals surface area contributed by atoms with E-state index in [9.17, 15) is 5.11 Å². The normalized spacial score (nSPS) is 11.9. The summed E-state index contributed by atoms with van der Waals surface area (Å²) >= 11 is 0. The molecule has 0 amide bonds. The number of hydrogen-bond acceptors (Lipinski definition) is 4. The van der Waals surface area contributed by atoms with E-state index < -0.39 is 6.10 Å². The minimum atomic E-state index is -0.728. The van der Waals surface area contributed by atoms with Gasteiger partial charge in [0.25, 0.3) is 0 Å². The third-order valence-electron chi connectivity index (χ3n) is 4.28. The molecular weight excluding hydrogens is 316 g/mol. The summed E-state index contributed by atoms with van der Waals surface area (Å²) in [4.78, 5) is 0. The average molecular weight is 344 g/mol. The molecule has 0 aromatic heterocycles. The Morgan fingerprint density at radius 3 is 2.36 bits per heavy atom. The van der Waals surface area contributed by atoms with Gasteiger partial charge in [-0.1, -0.05) is 31.9 Å². The predicted octanol–water partition coefficient (Wildman–Crippen LogP) is 4.66. The monoisotopic (exact) mass is 344 g/mol. The third-order valence-corrected chi connectivity index (χ3v) is 4.28. The van der Waals surface area contributed by atoms with E-state index in [-0.39, 0.29) is 0 Å². The fourth-order valence-corrected chi connectivity index (χ4v) is 2.79. The number of aryl methyl sites for hydroxylation is 1. The Morgan fingerprint density at radius 2 is 1.72 bits per heavy atom. The van der Waals surface area contributed by atoms with Crippen molar-refractivity contribution in [3.8, 4) is 17.2 Å². The van der Waals surface area contributed by atoms with Crippen LogP contribution in [0, 0.1) is 6.92 Å². The molecule has 2 rings (SSSR count). The summed E-state index contributed by atoms with van der Waals surface area (Å²) < 4.78 is 16.3. The Kier molecular flexibility index (Phi) is 7.14. The summed E-state index contributed by atoms with van der Waals surface area (Å²) in [7, 11) is 3.18. The summed E-state index contributed by atoms with van der Waals surface area (Å²) in [6.07, 6.45) is 2.69. The molecule has 0 spiro atoms. The van der Waals surface area contributed by atoms with Gasteiger partial charge in [-0.05, 0) is 54.3 Å². The molecule has 4 heteroatoms. The topological polar surface area (TPSA) is 47.9 Å². The summed E-state index contributed by atoms with van der Waals surface area (Å²) in [5.74, 6) is 2.09. The zero-order valence-electron chi connectivity index (χ0n) is 15.5. The van der Waals surface area contributed by atoms with E-state index in [0.717, 1.165) is 35.5 Å². The Labute approximate surface area is 150 Å². The zero-order chi connectivity index (χ0) is 18.2. The second-order valence-corrected chi connectivity index (χ2v) is 6.09. The molecule has 4 nitrogen and oxygen atoms in total. The number of benzene rings is 2. The molecule has 0 fully saturated rings. The lowest BCUT2D eigenvalue weighted by Crippen LogP contribution is -2.04. The molecule has 0 aliphatic rings. The van der Waals surface area contributed by atoms with Gasteiger partial charge < -0.3 is 19.3 Å². The second kappa shape index (κ2) is 9.33. The highest BCUT2D eigenvalue weighted by molar-refractivity contribution is 5.47. The standard InChI is InChI=1S/C21H28O4/c1-5-6-7-12-25-17-9-10-18(15(2)13-17)21(22)16-8-11-19(23-3)20(14-16)24-4/h8-11,13-14,21-22H,5-7,12H2,1-4H3. The summed E-state index contributed by atoms with van der Waals surface area (Å²) in [5.41, 5.74) is 2.61. The SMILES string of the molecule is CCCCCOc1ccc(C(O)c2ccc(OC)c(OC)c2)c(C)c1. The van der Waals surface area contributed by atoms with E-state index in [1.54, 1.807) is 26.4 Å². The van der Waals surface area contributed by atoms with Crippen LogP contribution in [0.2, 0.25) is 0 Å². The van der Waals surface area contributed by atoms with E-state index in [0.29, 0.717) is 11.5 Å². The number of rotatable bonds is 9. The first-order valence-electron chi connectivity index (χ1n) is 8.74. The maximum atomic E-state index is 10.8. The molecule has 0 saturated carbocycles. The van der Waals surface area contributed by atoms with E-state index in [4.69, 9.17) is 14.2 Å². The molecule has 136 valence electrons. The first kappa shape index (κ1) is 19.1. The molecule has 25 heavy (non-hydrogen) atoms. The first-order chi connectivity index (χ1) is 12.1. The fraction of sp³-hybridized carbons (Fsp3) is 0.429. The molecule has 0 saturated heterocycles. The number of methoxy groups -OCH3 is 2.